The molecule has 2 aromatic rings. The van der Waals surface area contributed by atoms with Gasteiger partial charge >= 0.3 is 12.1 Å². The lowest BCUT2D eigenvalue weighted by Gasteiger charge is -2.10. The Bertz CT molecular complexity index is 707. The van der Waals surface area contributed by atoms with Gasteiger partial charge in [0.15, 0.2) is 0 Å². The first-order valence-electron chi connectivity index (χ1n) is 6.32. The lowest BCUT2D eigenvalue weighted by Crippen LogP contribution is -2.25. The molecule has 1 amide bonds. The lowest BCUT2D eigenvalue weighted by atomic mass is 10.1. The molecule has 0 radical (unpaired) electrons. The van der Waals surface area contributed by atoms with Gasteiger partial charge in [-0.15, -0.1) is 0 Å². The Morgan fingerprint density at radius 3 is 3.05 bits per heavy atom. The van der Waals surface area contributed by atoms with Gasteiger partial charge in [0.25, 0.3) is 0 Å². The molecule has 1 aromatic heterocycles. The third-order valence-electron chi connectivity index (χ3n) is 3.32. The first-order valence-corrected chi connectivity index (χ1v) is 6.32. The molecule has 3 rings (SSSR count). The molecule has 7 heteroatoms. The summed E-state index contributed by atoms with van der Waals surface area (Å²) in [4.78, 5) is 24.3. The number of carbonyl (C=O) groups is 2. The van der Waals surface area contributed by atoms with Gasteiger partial charge in [0.05, 0.1) is 24.4 Å². The molecule has 1 aliphatic heterocycles. The highest BCUT2D eigenvalue weighted by atomic mass is 16.6. The number of carboxylic acids is 1. The number of furan rings is 1. The number of anilines is 1. The SMILES string of the molecule is COCC1CN(c2coc3cc(C(=O)O)ccc23)C(=O)O1. The Morgan fingerprint density at radius 2 is 2.33 bits per heavy atom. The average molecular weight is 291 g/mol. The molecular formula is C14H13NO6. The summed E-state index contributed by atoms with van der Waals surface area (Å²) < 4.78 is 15.5. The maximum atomic E-state index is 11.9. The van der Waals surface area contributed by atoms with Gasteiger partial charge in [-0.25, -0.2) is 9.59 Å². The van der Waals surface area contributed by atoms with E-state index >= 15 is 0 Å². The fourth-order valence-electron chi connectivity index (χ4n) is 2.35. The van der Waals surface area contributed by atoms with Crippen LogP contribution in [0.2, 0.25) is 0 Å². The minimum absolute atomic E-state index is 0.129. The molecule has 21 heavy (non-hydrogen) atoms. The number of carboxylic acid groups (broad SMARTS) is 1. The van der Waals surface area contributed by atoms with Crippen molar-refractivity contribution >= 4 is 28.7 Å². The highest BCUT2D eigenvalue weighted by Crippen LogP contribution is 2.32. The Kier molecular flexibility index (Phi) is 3.26. The number of amides is 1. The van der Waals surface area contributed by atoms with E-state index in [0.29, 0.717) is 29.8 Å². The van der Waals surface area contributed by atoms with Gasteiger partial charge in [-0.2, -0.15) is 0 Å². The minimum atomic E-state index is -1.03. The summed E-state index contributed by atoms with van der Waals surface area (Å²) in [5.41, 5.74) is 1.10. The number of benzene rings is 1. The predicted molar refractivity (Wildman–Crippen MR) is 72.7 cm³/mol. The molecule has 1 atom stereocenters. The van der Waals surface area contributed by atoms with Crippen molar-refractivity contribution in [3.8, 4) is 0 Å². The number of carbonyl (C=O) groups excluding carboxylic acids is 1. The van der Waals surface area contributed by atoms with Crippen molar-refractivity contribution in [1.29, 1.82) is 0 Å². The van der Waals surface area contributed by atoms with E-state index in [2.05, 4.69) is 0 Å². The Morgan fingerprint density at radius 1 is 1.52 bits per heavy atom. The lowest BCUT2D eigenvalue weighted by molar-refractivity contribution is 0.0695. The summed E-state index contributed by atoms with van der Waals surface area (Å²) in [7, 11) is 1.54. The van der Waals surface area contributed by atoms with Crippen LogP contribution in [0.3, 0.4) is 0 Å². The van der Waals surface area contributed by atoms with Gasteiger partial charge in [0.1, 0.15) is 18.0 Å². The summed E-state index contributed by atoms with van der Waals surface area (Å²) in [5, 5.41) is 9.62. The summed E-state index contributed by atoms with van der Waals surface area (Å²) in [6, 6.07) is 4.52. The van der Waals surface area contributed by atoms with Crippen LogP contribution in [0, 0.1) is 0 Å². The van der Waals surface area contributed by atoms with E-state index in [1.165, 1.54) is 30.4 Å². The van der Waals surface area contributed by atoms with E-state index in [9.17, 15) is 9.59 Å². The molecule has 0 bridgehead atoms. The average Bonchev–Trinajstić information content (AvgIpc) is 3.01. The summed E-state index contributed by atoms with van der Waals surface area (Å²) in [5.74, 6) is -1.03. The van der Waals surface area contributed by atoms with Crippen LogP contribution in [0.4, 0.5) is 10.5 Å². The van der Waals surface area contributed by atoms with Crippen LogP contribution < -0.4 is 4.90 Å². The van der Waals surface area contributed by atoms with Crippen molar-refractivity contribution in [3.63, 3.8) is 0 Å². The fourth-order valence-corrected chi connectivity index (χ4v) is 2.35. The molecule has 1 N–H and O–H groups in total. The van der Waals surface area contributed by atoms with Crippen molar-refractivity contribution in [1.82, 2.24) is 0 Å². The molecule has 110 valence electrons. The molecule has 1 aliphatic rings. The van der Waals surface area contributed by atoms with Crippen LogP contribution in [0.25, 0.3) is 11.0 Å². The molecule has 0 saturated carbocycles. The number of hydrogen-bond donors (Lipinski definition) is 1. The topological polar surface area (TPSA) is 89.2 Å². The third kappa shape index (κ3) is 2.31. The van der Waals surface area contributed by atoms with Crippen molar-refractivity contribution in [2.45, 2.75) is 6.10 Å². The molecule has 2 heterocycles. The first kappa shape index (κ1) is 13.4. The maximum Gasteiger partial charge on any atom is 0.414 e. The van der Waals surface area contributed by atoms with Crippen molar-refractivity contribution in [3.05, 3.63) is 30.0 Å². The Labute approximate surface area is 119 Å². The summed E-state index contributed by atoms with van der Waals surface area (Å²) >= 11 is 0. The number of nitrogens with zero attached hydrogens (tertiary/aromatic N) is 1. The van der Waals surface area contributed by atoms with Crippen LogP contribution in [-0.4, -0.2) is 43.5 Å². The van der Waals surface area contributed by atoms with Gasteiger partial charge in [-0.1, -0.05) is 0 Å². The van der Waals surface area contributed by atoms with E-state index in [0.717, 1.165) is 0 Å². The zero-order valence-corrected chi connectivity index (χ0v) is 11.2. The molecular weight excluding hydrogens is 278 g/mol. The Balaban J connectivity index is 1.94. The van der Waals surface area contributed by atoms with Gasteiger partial charge in [-0.3, -0.25) is 4.90 Å². The van der Waals surface area contributed by atoms with E-state index in [1.54, 1.807) is 6.07 Å². The second kappa shape index (κ2) is 5.10. The highest BCUT2D eigenvalue weighted by Gasteiger charge is 2.34. The van der Waals surface area contributed by atoms with E-state index in [1.807, 2.05) is 0 Å². The summed E-state index contributed by atoms with van der Waals surface area (Å²) in [6.07, 6.45) is 0.625. The van der Waals surface area contributed by atoms with E-state index in [4.69, 9.17) is 19.0 Å². The smallest absolute Gasteiger partial charge is 0.414 e. The number of aromatic carboxylic acids is 1. The summed E-state index contributed by atoms with van der Waals surface area (Å²) in [6.45, 7) is 0.684. The molecule has 7 nitrogen and oxygen atoms in total. The zero-order chi connectivity index (χ0) is 15.0. The van der Waals surface area contributed by atoms with Crippen molar-refractivity contribution in [2.24, 2.45) is 0 Å². The van der Waals surface area contributed by atoms with Crippen molar-refractivity contribution < 1.29 is 28.6 Å². The van der Waals surface area contributed by atoms with Crippen molar-refractivity contribution in [2.75, 3.05) is 25.2 Å². The number of methoxy groups -OCH3 is 1. The molecule has 1 unspecified atom stereocenters. The van der Waals surface area contributed by atoms with Gasteiger partial charge in [-0.05, 0) is 18.2 Å². The fraction of sp³-hybridized carbons (Fsp3) is 0.286. The van der Waals surface area contributed by atoms with Crippen LogP contribution in [-0.2, 0) is 9.47 Å². The monoisotopic (exact) mass is 291 g/mol. The molecule has 1 fully saturated rings. The van der Waals surface area contributed by atoms with Gasteiger partial charge < -0.3 is 19.0 Å². The van der Waals surface area contributed by atoms with E-state index < -0.39 is 12.1 Å². The molecule has 1 aromatic carbocycles. The first-order chi connectivity index (χ1) is 10.1. The molecule has 0 spiro atoms. The standard InChI is InChI=1S/C14H13NO6/c1-19-6-9-5-15(14(18)21-9)11-7-20-12-4-8(13(16)17)2-3-10(11)12/h2-4,7,9H,5-6H2,1H3,(H,16,17). The highest BCUT2D eigenvalue weighted by molar-refractivity contribution is 6.02. The third-order valence-corrected chi connectivity index (χ3v) is 3.32. The normalized spacial score (nSPS) is 18.2. The van der Waals surface area contributed by atoms with Crippen LogP contribution in [0.5, 0.6) is 0 Å². The maximum absolute atomic E-state index is 11.9. The molecule has 1 saturated heterocycles. The zero-order valence-electron chi connectivity index (χ0n) is 11.2. The minimum Gasteiger partial charge on any atom is -0.478 e. The van der Waals surface area contributed by atoms with Gasteiger partial charge in [0.2, 0.25) is 0 Å². The predicted octanol–water partition coefficient (Wildman–Crippen LogP) is 2.10. The second-order valence-electron chi connectivity index (χ2n) is 4.71. The largest absolute Gasteiger partial charge is 0.478 e. The van der Waals surface area contributed by atoms with Crippen LogP contribution in [0.1, 0.15) is 10.4 Å². The number of ether oxygens (including phenoxy) is 2. The number of hydrogen-bond acceptors (Lipinski definition) is 5. The number of cyclic esters (lactones) is 1. The quantitative estimate of drug-likeness (QED) is 0.927. The number of rotatable bonds is 4. The van der Waals surface area contributed by atoms with Gasteiger partial charge in [0, 0.05) is 12.5 Å². The van der Waals surface area contributed by atoms with E-state index in [-0.39, 0.29) is 11.7 Å². The molecule has 0 aliphatic carbocycles. The number of fused-ring (bicyclic) bond motifs is 1. The van der Waals surface area contributed by atoms with Crippen LogP contribution in [0.15, 0.2) is 28.9 Å². The Hall–Kier alpha value is -2.54. The second-order valence-corrected chi connectivity index (χ2v) is 4.71. The van der Waals surface area contributed by atoms with Crippen LogP contribution >= 0.6 is 0 Å².